The third kappa shape index (κ3) is 8.41. The van der Waals surface area contributed by atoms with Gasteiger partial charge in [-0.15, -0.1) is 0 Å². The summed E-state index contributed by atoms with van der Waals surface area (Å²) in [4.78, 5) is 9.48. The second-order valence-corrected chi connectivity index (χ2v) is 16.5. The van der Waals surface area contributed by atoms with Crippen molar-refractivity contribution in [3.8, 4) is 0 Å². The van der Waals surface area contributed by atoms with Gasteiger partial charge >= 0.3 is 0 Å². The molecule has 0 saturated heterocycles. The summed E-state index contributed by atoms with van der Waals surface area (Å²) >= 11 is 0. The summed E-state index contributed by atoms with van der Waals surface area (Å²) in [6.45, 7) is 8.85. The lowest BCUT2D eigenvalue weighted by Gasteiger charge is -2.43. The predicted molar refractivity (Wildman–Crippen MR) is 264 cm³/mol. The molecule has 0 N–H and O–H groups in total. The Kier molecular flexibility index (Phi) is 11.3. The van der Waals surface area contributed by atoms with Crippen molar-refractivity contribution in [2.45, 2.75) is 39.7 Å². The van der Waals surface area contributed by atoms with Crippen molar-refractivity contribution >= 4 is 62.6 Å². The van der Waals surface area contributed by atoms with Gasteiger partial charge in [0.15, 0.2) is 0 Å². The van der Waals surface area contributed by atoms with E-state index in [1.807, 2.05) is 0 Å². The van der Waals surface area contributed by atoms with Gasteiger partial charge in [-0.2, -0.15) is 0 Å². The number of allylic oxidation sites excluding steroid dienone is 2. The standard InChI is InChI=1S/C58H52N4/c1-44-17-14-26-56(41-44)60(47-20-8-5-9-21-47)52-32-28-49(29-33-52)59(50-30-34-53(35-31-50)61(48-22-10-6-11-23-48)57-27-15-18-45(2)42-57)51-36-38-55(39-37-51)62(54-24-12-7-13-25-54)58(4)40-16-19-46(3)43-58/h5-42H,43H2,1-4H3. The van der Waals surface area contributed by atoms with Crippen LogP contribution in [0.4, 0.5) is 62.6 Å². The molecule has 4 nitrogen and oxygen atoms in total. The maximum Gasteiger partial charge on any atom is 0.0645 e. The van der Waals surface area contributed by atoms with Crippen LogP contribution in [0.1, 0.15) is 31.4 Å². The molecule has 1 unspecified atom stereocenters. The second-order valence-electron chi connectivity index (χ2n) is 16.5. The van der Waals surface area contributed by atoms with E-state index in [-0.39, 0.29) is 5.54 Å². The number of para-hydroxylation sites is 3. The van der Waals surface area contributed by atoms with Crippen molar-refractivity contribution in [3.05, 3.63) is 247 Å². The van der Waals surface area contributed by atoms with Crippen molar-refractivity contribution in [2.24, 2.45) is 0 Å². The van der Waals surface area contributed by atoms with Gasteiger partial charge < -0.3 is 19.6 Å². The Labute approximate surface area is 367 Å². The van der Waals surface area contributed by atoms with Crippen molar-refractivity contribution in [2.75, 3.05) is 19.6 Å². The zero-order valence-corrected chi connectivity index (χ0v) is 35.9. The summed E-state index contributed by atoms with van der Waals surface area (Å²) in [5, 5.41) is 0. The molecular formula is C58H52N4. The molecule has 1 aliphatic carbocycles. The summed E-state index contributed by atoms with van der Waals surface area (Å²) in [5.74, 6) is 0. The highest BCUT2D eigenvalue weighted by Gasteiger charge is 2.32. The molecular weight excluding hydrogens is 753 g/mol. The fourth-order valence-electron chi connectivity index (χ4n) is 8.85. The molecule has 0 saturated carbocycles. The third-order valence-electron chi connectivity index (χ3n) is 11.6. The molecule has 62 heavy (non-hydrogen) atoms. The first-order valence-corrected chi connectivity index (χ1v) is 21.5. The van der Waals surface area contributed by atoms with Crippen LogP contribution in [0, 0.1) is 13.8 Å². The molecule has 1 atom stereocenters. The van der Waals surface area contributed by atoms with Gasteiger partial charge in [0.2, 0.25) is 0 Å². The SMILES string of the molecule is CC1=CC=CC(C)(N(c2ccccc2)c2ccc(N(c3ccc(N(c4ccccc4)c4cccc(C)c4)cc3)c3ccc(N(c4ccccc4)c4cccc(C)c4)cc3)cc2)C1. The van der Waals surface area contributed by atoms with Crippen LogP contribution in [0.25, 0.3) is 0 Å². The monoisotopic (exact) mass is 804 g/mol. The van der Waals surface area contributed by atoms with Crippen LogP contribution in [0.3, 0.4) is 0 Å². The van der Waals surface area contributed by atoms with Crippen LogP contribution < -0.4 is 19.6 Å². The molecule has 0 aliphatic heterocycles. The van der Waals surface area contributed by atoms with E-state index in [1.165, 1.54) is 22.4 Å². The van der Waals surface area contributed by atoms with E-state index >= 15 is 0 Å². The molecule has 0 radical (unpaired) electrons. The van der Waals surface area contributed by atoms with Crippen molar-refractivity contribution in [3.63, 3.8) is 0 Å². The normalized spacial score (nSPS) is 14.5. The van der Waals surface area contributed by atoms with Crippen molar-refractivity contribution < 1.29 is 0 Å². The predicted octanol–water partition coefficient (Wildman–Crippen LogP) is 16.5. The molecule has 4 heteroatoms. The Morgan fingerprint density at radius 3 is 1.02 bits per heavy atom. The number of hydrogen-bond donors (Lipinski definition) is 0. The van der Waals surface area contributed by atoms with Gasteiger partial charge in [-0.3, -0.25) is 0 Å². The number of rotatable bonds is 12. The average Bonchev–Trinajstić information content (AvgIpc) is 3.29. The van der Waals surface area contributed by atoms with E-state index in [4.69, 9.17) is 0 Å². The minimum Gasteiger partial charge on any atom is -0.332 e. The largest absolute Gasteiger partial charge is 0.332 e. The zero-order chi connectivity index (χ0) is 42.5. The lowest BCUT2D eigenvalue weighted by Crippen LogP contribution is -2.42. The summed E-state index contributed by atoms with van der Waals surface area (Å²) in [7, 11) is 0. The van der Waals surface area contributed by atoms with Crippen LogP contribution in [0.2, 0.25) is 0 Å². The quantitative estimate of drug-likeness (QED) is 0.122. The highest BCUT2D eigenvalue weighted by molar-refractivity contribution is 5.84. The Balaban J connectivity index is 1.14. The average molecular weight is 805 g/mol. The van der Waals surface area contributed by atoms with E-state index in [1.54, 1.807) is 0 Å². The third-order valence-corrected chi connectivity index (χ3v) is 11.6. The summed E-state index contributed by atoms with van der Waals surface area (Å²) < 4.78 is 0. The van der Waals surface area contributed by atoms with Crippen molar-refractivity contribution in [1.82, 2.24) is 0 Å². The molecule has 0 fully saturated rings. The molecule has 8 aromatic carbocycles. The highest BCUT2D eigenvalue weighted by Crippen LogP contribution is 2.44. The molecule has 0 amide bonds. The Morgan fingerprint density at radius 2 is 0.645 bits per heavy atom. The van der Waals surface area contributed by atoms with Crippen LogP contribution in [0.15, 0.2) is 236 Å². The van der Waals surface area contributed by atoms with Crippen LogP contribution in [-0.4, -0.2) is 5.54 Å². The zero-order valence-electron chi connectivity index (χ0n) is 35.9. The molecule has 8 aromatic rings. The van der Waals surface area contributed by atoms with E-state index < -0.39 is 0 Å². The van der Waals surface area contributed by atoms with E-state index in [0.717, 1.165) is 63.3 Å². The minimum atomic E-state index is -0.225. The first-order chi connectivity index (χ1) is 30.3. The summed E-state index contributed by atoms with van der Waals surface area (Å²) in [6.07, 6.45) is 7.70. The number of benzene rings is 8. The van der Waals surface area contributed by atoms with E-state index in [2.05, 4.69) is 278 Å². The van der Waals surface area contributed by atoms with Crippen LogP contribution in [0.5, 0.6) is 0 Å². The first kappa shape index (κ1) is 39.9. The fraction of sp³-hybridized carbons (Fsp3) is 0.103. The lowest BCUT2D eigenvalue weighted by atomic mass is 9.86. The molecule has 0 spiro atoms. The van der Waals surface area contributed by atoms with Gasteiger partial charge in [-0.25, -0.2) is 0 Å². The Morgan fingerprint density at radius 1 is 0.339 bits per heavy atom. The van der Waals surface area contributed by atoms with Gasteiger partial charge in [-0.1, -0.05) is 103 Å². The van der Waals surface area contributed by atoms with Gasteiger partial charge in [0.25, 0.3) is 0 Å². The van der Waals surface area contributed by atoms with Crippen LogP contribution >= 0.6 is 0 Å². The Bertz CT molecular complexity index is 2660. The summed E-state index contributed by atoms with van der Waals surface area (Å²) in [6, 6.07) is 76.3. The molecule has 0 aromatic heterocycles. The smallest absolute Gasteiger partial charge is 0.0645 e. The number of nitrogens with zero attached hydrogens (tertiary/aromatic N) is 4. The molecule has 304 valence electrons. The number of hydrogen-bond acceptors (Lipinski definition) is 4. The van der Waals surface area contributed by atoms with Crippen molar-refractivity contribution in [1.29, 1.82) is 0 Å². The molecule has 0 heterocycles. The van der Waals surface area contributed by atoms with Gasteiger partial charge in [0.05, 0.1) is 5.54 Å². The molecule has 0 bridgehead atoms. The maximum atomic E-state index is 2.48. The van der Waals surface area contributed by atoms with E-state index in [0.29, 0.717) is 0 Å². The van der Waals surface area contributed by atoms with Crippen LogP contribution in [-0.2, 0) is 0 Å². The lowest BCUT2D eigenvalue weighted by molar-refractivity contribution is 0.554. The summed E-state index contributed by atoms with van der Waals surface area (Å²) in [5.41, 5.74) is 15.7. The maximum absolute atomic E-state index is 2.48. The van der Waals surface area contributed by atoms with E-state index in [9.17, 15) is 0 Å². The van der Waals surface area contributed by atoms with Gasteiger partial charge in [0, 0.05) is 62.6 Å². The highest BCUT2D eigenvalue weighted by atomic mass is 15.2. The molecule has 9 rings (SSSR count). The fourth-order valence-corrected chi connectivity index (χ4v) is 8.85. The number of anilines is 11. The topological polar surface area (TPSA) is 13.0 Å². The number of aryl methyl sites for hydroxylation is 2. The van der Waals surface area contributed by atoms with Gasteiger partial charge in [0.1, 0.15) is 0 Å². The first-order valence-electron chi connectivity index (χ1n) is 21.5. The van der Waals surface area contributed by atoms with Gasteiger partial charge in [-0.05, 0) is 179 Å². The Hall–Kier alpha value is -7.56. The minimum absolute atomic E-state index is 0.225. The molecule has 1 aliphatic rings. The second kappa shape index (κ2) is 17.6.